The molecule has 1 fully saturated rings. The van der Waals surface area contributed by atoms with Crippen molar-refractivity contribution in [2.75, 3.05) is 13.1 Å². The van der Waals surface area contributed by atoms with Crippen LogP contribution in [0.4, 0.5) is 8.78 Å². The van der Waals surface area contributed by atoms with Crippen molar-refractivity contribution in [3.63, 3.8) is 0 Å². The molecule has 1 amide bonds. The summed E-state index contributed by atoms with van der Waals surface area (Å²) >= 11 is 0. The molecule has 8 heteroatoms. The maximum atomic E-state index is 13.7. The largest absolute Gasteiger partial charge is 0.346 e. The van der Waals surface area contributed by atoms with E-state index in [9.17, 15) is 13.6 Å². The molecule has 3 heterocycles. The van der Waals surface area contributed by atoms with Crippen LogP contribution in [-0.4, -0.2) is 39.8 Å². The number of aromatic nitrogens is 3. The van der Waals surface area contributed by atoms with Crippen molar-refractivity contribution >= 4 is 5.91 Å². The molecule has 4 rings (SSSR count). The summed E-state index contributed by atoms with van der Waals surface area (Å²) in [5.74, 6) is -2.20. The third kappa shape index (κ3) is 3.77. The number of pyridine rings is 1. The molecule has 2 N–H and O–H groups in total. The van der Waals surface area contributed by atoms with Gasteiger partial charge < -0.3 is 10.6 Å². The molecule has 0 saturated carbocycles. The lowest BCUT2D eigenvalue weighted by Crippen LogP contribution is -2.50. The van der Waals surface area contributed by atoms with E-state index in [-0.39, 0.29) is 23.6 Å². The fraction of sp³-hybridized carbons (Fsp3) is 0.250. The van der Waals surface area contributed by atoms with Crippen molar-refractivity contribution in [1.29, 1.82) is 0 Å². The molecule has 0 bridgehead atoms. The first-order valence-electron chi connectivity index (χ1n) is 9.04. The predicted octanol–water partition coefficient (Wildman–Crippen LogP) is 2.42. The number of piperidine rings is 1. The second-order valence-corrected chi connectivity index (χ2v) is 6.70. The van der Waals surface area contributed by atoms with Gasteiger partial charge in [-0.3, -0.25) is 9.78 Å². The Morgan fingerprint density at radius 1 is 1.18 bits per heavy atom. The second-order valence-electron chi connectivity index (χ2n) is 6.70. The van der Waals surface area contributed by atoms with Gasteiger partial charge in [-0.25, -0.2) is 13.5 Å². The molecular weight excluding hydrogens is 364 g/mol. The molecule has 2 unspecified atom stereocenters. The predicted molar refractivity (Wildman–Crippen MR) is 99.2 cm³/mol. The van der Waals surface area contributed by atoms with Gasteiger partial charge in [-0.2, -0.15) is 5.10 Å². The summed E-state index contributed by atoms with van der Waals surface area (Å²) < 4.78 is 28.6. The minimum absolute atomic E-state index is 0.116. The zero-order valence-electron chi connectivity index (χ0n) is 15.0. The van der Waals surface area contributed by atoms with E-state index in [1.165, 1.54) is 6.07 Å². The molecule has 2 atom stereocenters. The Morgan fingerprint density at radius 2 is 2.07 bits per heavy atom. The van der Waals surface area contributed by atoms with Crippen molar-refractivity contribution < 1.29 is 13.6 Å². The van der Waals surface area contributed by atoms with E-state index < -0.39 is 11.6 Å². The lowest BCUT2D eigenvalue weighted by atomic mass is 9.86. The fourth-order valence-corrected chi connectivity index (χ4v) is 3.50. The molecule has 0 spiro atoms. The molecule has 1 aliphatic heterocycles. The maximum Gasteiger partial charge on any atom is 0.270 e. The highest BCUT2D eigenvalue weighted by atomic mass is 19.2. The number of benzene rings is 1. The van der Waals surface area contributed by atoms with Crippen LogP contribution in [-0.2, 0) is 0 Å². The monoisotopic (exact) mass is 383 g/mol. The van der Waals surface area contributed by atoms with Crippen LogP contribution in [0.3, 0.4) is 0 Å². The number of amides is 1. The molecule has 28 heavy (non-hydrogen) atoms. The highest BCUT2D eigenvalue weighted by molar-refractivity contribution is 5.93. The van der Waals surface area contributed by atoms with Crippen LogP contribution >= 0.6 is 0 Å². The molecule has 3 aromatic rings. The first kappa shape index (κ1) is 18.2. The number of carbonyl (C=O) groups excluding carboxylic acids is 1. The van der Waals surface area contributed by atoms with Gasteiger partial charge in [0.05, 0.1) is 5.69 Å². The molecular formula is C20H19F2N5O. The fourth-order valence-electron chi connectivity index (χ4n) is 3.50. The number of hydrogen-bond acceptors (Lipinski definition) is 4. The van der Waals surface area contributed by atoms with Gasteiger partial charge in [0.1, 0.15) is 5.69 Å². The first-order valence-corrected chi connectivity index (χ1v) is 9.04. The third-order valence-electron chi connectivity index (χ3n) is 4.92. The number of nitrogens with one attached hydrogen (secondary N) is 2. The van der Waals surface area contributed by atoms with Gasteiger partial charge >= 0.3 is 0 Å². The standard InChI is InChI=1S/C20H19F2N5O/c21-16-3-2-13(10-17(16)22)15-5-7-23-12-19(15)26-20(28)18-11-14(4-8-24-18)27-9-1-6-25-27/h1-4,6,8-11,15,19,23H,5,7,12H2,(H,26,28). The molecule has 0 radical (unpaired) electrons. The van der Waals surface area contributed by atoms with Crippen molar-refractivity contribution in [3.8, 4) is 5.69 Å². The Kier molecular flexibility index (Phi) is 5.12. The topological polar surface area (TPSA) is 71.8 Å². The van der Waals surface area contributed by atoms with Gasteiger partial charge in [-0.05, 0) is 48.9 Å². The highest BCUT2D eigenvalue weighted by Gasteiger charge is 2.29. The van der Waals surface area contributed by atoms with Crippen LogP contribution in [0.5, 0.6) is 0 Å². The molecule has 2 aromatic heterocycles. The van der Waals surface area contributed by atoms with E-state index in [0.717, 1.165) is 18.3 Å². The zero-order valence-corrected chi connectivity index (χ0v) is 15.0. The van der Waals surface area contributed by atoms with Gasteiger partial charge in [0.2, 0.25) is 0 Å². The highest BCUT2D eigenvalue weighted by Crippen LogP contribution is 2.27. The van der Waals surface area contributed by atoms with E-state index in [0.29, 0.717) is 18.5 Å². The molecule has 144 valence electrons. The van der Waals surface area contributed by atoms with E-state index in [1.807, 2.05) is 0 Å². The Labute approximate surface area is 160 Å². The summed E-state index contributed by atoms with van der Waals surface area (Å²) in [4.78, 5) is 16.9. The number of rotatable bonds is 4. The lowest BCUT2D eigenvalue weighted by Gasteiger charge is -2.33. The normalized spacial score (nSPS) is 19.4. The van der Waals surface area contributed by atoms with Gasteiger partial charge in [-0.15, -0.1) is 0 Å². The lowest BCUT2D eigenvalue weighted by molar-refractivity contribution is 0.0919. The van der Waals surface area contributed by atoms with E-state index >= 15 is 0 Å². The van der Waals surface area contributed by atoms with Crippen LogP contribution in [0.2, 0.25) is 0 Å². The Hall–Kier alpha value is -3.13. The number of halogens is 2. The van der Waals surface area contributed by atoms with E-state index in [1.54, 1.807) is 47.5 Å². The summed E-state index contributed by atoms with van der Waals surface area (Å²) in [7, 11) is 0. The van der Waals surface area contributed by atoms with Crippen LogP contribution in [0.1, 0.15) is 28.4 Å². The molecule has 1 saturated heterocycles. The molecule has 0 aliphatic carbocycles. The molecule has 6 nitrogen and oxygen atoms in total. The van der Waals surface area contributed by atoms with Crippen LogP contribution in [0, 0.1) is 11.6 Å². The average molecular weight is 383 g/mol. The van der Waals surface area contributed by atoms with E-state index in [4.69, 9.17) is 0 Å². The van der Waals surface area contributed by atoms with Crippen LogP contribution < -0.4 is 10.6 Å². The minimum Gasteiger partial charge on any atom is -0.346 e. The molecule has 1 aliphatic rings. The minimum atomic E-state index is -0.880. The van der Waals surface area contributed by atoms with Crippen molar-refractivity contribution in [1.82, 2.24) is 25.4 Å². The Bertz CT molecular complexity index is 976. The second kappa shape index (κ2) is 7.85. The quantitative estimate of drug-likeness (QED) is 0.726. The van der Waals surface area contributed by atoms with Gasteiger partial charge in [0.25, 0.3) is 5.91 Å². The average Bonchev–Trinajstić information content (AvgIpc) is 3.26. The molecule has 1 aromatic carbocycles. The summed E-state index contributed by atoms with van der Waals surface area (Å²) in [6.07, 6.45) is 5.69. The number of nitrogens with zero attached hydrogens (tertiary/aromatic N) is 3. The Morgan fingerprint density at radius 3 is 2.86 bits per heavy atom. The van der Waals surface area contributed by atoms with Crippen molar-refractivity contribution in [2.45, 2.75) is 18.4 Å². The smallest absolute Gasteiger partial charge is 0.270 e. The Balaban J connectivity index is 1.54. The summed E-state index contributed by atoms with van der Waals surface area (Å²) in [5, 5.41) is 10.4. The first-order chi connectivity index (χ1) is 13.6. The maximum absolute atomic E-state index is 13.7. The summed E-state index contributed by atoms with van der Waals surface area (Å²) in [5.41, 5.74) is 1.66. The summed E-state index contributed by atoms with van der Waals surface area (Å²) in [6, 6.07) is 8.86. The third-order valence-corrected chi connectivity index (χ3v) is 4.92. The van der Waals surface area contributed by atoms with Crippen LogP contribution in [0.15, 0.2) is 55.0 Å². The van der Waals surface area contributed by atoms with Gasteiger partial charge in [-0.1, -0.05) is 6.07 Å². The SMILES string of the molecule is O=C(NC1CNCCC1c1ccc(F)c(F)c1)c1cc(-n2cccn2)ccn1. The number of carbonyl (C=O) groups is 1. The zero-order chi connectivity index (χ0) is 19.5. The number of hydrogen-bond donors (Lipinski definition) is 2. The van der Waals surface area contributed by atoms with Gasteiger partial charge in [0, 0.05) is 37.1 Å². The van der Waals surface area contributed by atoms with Gasteiger partial charge in [0.15, 0.2) is 11.6 Å². The van der Waals surface area contributed by atoms with E-state index in [2.05, 4.69) is 20.7 Å². The summed E-state index contributed by atoms with van der Waals surface area (Å²) in [6.45, 7) is 1.28. The van der Waals surface area contributed by atoms with Crippen LogP contribution in [0.25, 0.3) is 5.69 Å². The van der Waals surface area contributed by atoms with Crippen molar-refractivity contribution in [3.05, 3.63) is 77.9 Å². The van der Waals surface area contributed by atoms with Crippen molar-refractivity contribution in [2.24, 2.45) is 0 Å².